The zero-order valence-electron chi connectivity index (χ0n) is 12.6. The molecule has 0 saturated heterocycles. The summed E-state index contributed by atoms with van der Waals surface area (Å²) in [5.41, 5.74) is 1.12. The van der Waals surface area contributed by atoms with Gasteiger partial charge in [-0.2, -0.15) is 0 Å². The predicted octanol–water partition coefficient (Wildman–Crippen LogP) is 4.21. The Morgan fingerprint density at radius 1 is 1.16 bits per heavy atom. The fourth-order valence-electron chi connectivity index (χ4n) is 1.23. The van der Waals surface area contributed by atoms with Crippen LogP contribution in [0, 0.1) is 0 Å². The van der Waals surface area contributed by atoms with E-state index in [0.717, 1.165) is 5.56 Å². The van der Waals surface area contributed by atoms with Gasteiger partial charge in [0.25, 0.3) is 0 Å². The van der Waals surface area contributed by atoms with E-state index in [1.807, 2.05) is 30.3 Å². The first-order valence-electron chi connectivity index (χ1n) is 6.64. The molecule has 0 spiro atoms. The Balaban J connectivity index is 2.25. The van der Waals surface area contributed by atoms with Crippen molar-refractivity contribution >= 4 is 14.5 Å². The van der Waals surface area contributed by atoms with Crippen LogP contribution in [0.2, 0.25) is 18.1 Å². The molecule has 4 heteroatoms. The lowest BCUT2D eigenvalue weighted by molar-refractivity contribution is 0.130. The van der Waals surface area contributed by atoms with Crippen LogP contribution in [0.1, 0.15) is 26.3 Å². The van der Waals surface area contributed by atoms with Crippen LogP contribution in [0.25, 0.3) is 0 Å². The minimum absolute atomic E-state index is 0.228. The van der Waals surface area contributed by atoms with Crippen LogP contribution in [0.5, 0.6) is 0 Å². The van der Waals surface area contributed by atoms with E-state index in [0.29, 0.717) is 13.2 Å². The van der Waals surface area contributed by atoms with Gasteiger partial charge < -0.3 is 9.26 Å². The summed E-state index contributed by atoms with van der Waals surface area (Å²) in [6, 6.07) is 10.00. The molecule has 0 aliphatic heterocycles. The van der Waals surface area contributed by atoms with Crippen LogP contribution in [0.15, 0.2) is 35.5 Å². The molecule has 0 aromatic heterocycles. The maximum absolute atomic E-state index is 5.96. The summed E-state index contributed by atoms with van der Waals surface area (Å²) in [4.78, 5) is 5.22. The van der Waals surface area contributed by atoms with Gasteiger partial charge in [0.1, 0.15) is 6.61 Å². The molecule has 0 bridgehead atoms. The minimum Gasteiger partial charge on any atom is -0.411 e. The van der Waals surface area contributed by atoms with E-state index in [2.05, 4.69) is 39.0 Å². The monoisotopic (exact) mass is 279 g/mol. The Morgan fingerprint density at radius 3 is 2.37 bits per heavy atom. The van der Waals surface area contributed by atoms with Gasteiger partial charge in [0.15, 0.2) is 8.32 Å². The standard InChI is InChI=1S/C15H25NO2Si/c1-15(2,3)19(4,5)18-12-11-16-17-13-14-9-7-6-8-10-14/h6-11H,12-13H2,1-5H3. The quantitative estimate of drug-likeness (QED) is 0.443. The Kier molecular flexibility index (Phi) is 5.75. The van der Waals surface area contributed by atoms with Crippen LogP contribution >= 0.6 is 0 Å². The van der Waals surface area contributed by atoms with Gasteiger partial charge in [0.05, 0.1) is 12.8 Å². The lowest BCUT2D eigenvalue weighted by Crippen LogP contribution is -2.41. The van der Waals surface area contributed by atoms with Gasteiger partial charge in [-0.3, -0.25) is 0 Å². The fraction of sp³-hybridized carbons (Fsp3) is 0.533. The van der Waals surface area contributed by atoms with E-state index in [1.165, 1.54) is 0 Å². The number of oxime groups is 1. The Morgan fingerprint density at radius 2 is 1.79 bits per heavy atom. The van der Waals surface area contributed by atoms with Crippen molar-refractivity contribution in [1.82, 2.24) is 0 Å². The van der Waals surface area contributed by atoms with Gasteiger partial charge in [-0.05, 0) is 23.7 Å². The lowest BCUT2D eigenvalue weighted by Gasteiger charge is -2.35. The molecule has 19 heavy (non-hydrogen) atoms. The van der Waals surface area contributed by atoms with Crippen molar-refractivity contribution in [1.29, 1.82) is 0 Å². The number of hydrogen-bond donors (Lipinski definition) is 0. The highest BCUT2D eigenvalue weighted by atomic mass is 28.4. The van der Waals surface area contributed by atoms with Crippen LogP contribution in [0.4, 0.5) is 0 Å². The maximum Gasteiger partial charge on any atom is 0.192 e. The smallest absolute Gasteiger partial charge is 0.192 e. The second-order valence-electron chi connectivity index (χ2n) is 6.12. The first-order chi connectivity index (χ1) is 8.83. The van der Waals surface area contributed by atoms with E-state index in [-0.39, 0.29) is 5.04 Å². The van der Waals surface area contributed by atoms with Gasteiger partial charge in [0, 0.05) is 0 Å². The maximum atomic E-state index is 5.96. The molecule has 0 amide bonds. The normalized spacial score (nSPS) is 12.9. The van der Waals surface area contributed by atoms with Gasteiger partial charge in [-0.25, -0.2) is 0 Å². The van der Waals surface area contributed by atoms with Crippen molar-refractivity contribution in [3.05, 3.63) is 35.9 Å². The van der Waals surface area contributed by atoms with Crippen molar-refractivity contribution in [2.45, 2.75) is 45.5 Å². The Labute approximate surface area is 117 Å². The molecule has 1 aromatic rings. The SMILES string of the molecule is CC(C)(C)[Si](C)(C)OCC=NOCc1ccccc1. The largest absolute Gasteiger partial charge is 0.411 e. The third kappa shape index (κ3) is 5.57. The van der Waals surface area contributed by atoms with E-state index in [1.54, 1.807) is 6.21 Å². The summed E-state index contributed by atoms with van der Waals surface area (Å²) in [6.45, 7) is 12.1. The fourth-order valence-corrected chi connectivity index (χ4v) is 2.16. The summed E-state index contributed by atoms with van der Waals surface area (Å²) < 4.78 is 5.96. The third-order valence-corrected chi connectivity index (χ3v) is 8.05. The molecule has 0 heterocycles. The Hall–Kier alpha value is -1.13. The van der Waals surface area contributed by atoms with Crippen LogP contribution in [-0.2, 0) is 15.9 Å². The molecule has 0 N–H and O–H groups in total. The van der Waals surface area contributed by atoms with Gasteiger partial charge in [-0.1, -0.05) is 56.3 Å². The minimum atomic E-state index is -1.68. The van der Waals surface area contributed by atoms with E-state index >= 15 is 0 Å². The number of hydrogen-bond acceptors (Lipinski definition) is 3. The summed E-state index contributed by atoms with van der Waals surface area (Å²) in [7, 11) is -1.68. The highest BCUT2D eigenvalue weighted by molar-refractivity contribution is 6.74. The molecule has 0 fully saturated rings. The molecule has 0 aliphatic rings. The second-order valence-corrected chi connectivity index (χ2v) is 10.9. The van der Waals surface area contributed by atoms with Crippen molar-refractivity contribution in [2.75, 3.05) is 6.61 Å². The highest BCUT2D eigenvalue weighted by Gasteiger charge is 2.36. The van der Waals surface area contributed by atoms with Crippen molar-refractivity contribution in [3.8, 4) is 0 Å². The van der Waals surface area contributed by atoms with E-state index < -0.39 is 8.32 Å². The van der Waals surface area contributed by atoms with Crippen LogP contribution in [-0.4, -0.2) is 21.1 Å². The van der Waals surface area contributed by atoms with Gasteiger partial charge in [0.2, 0.25) is 0 Å². The van der Waals surface area contributed by atoms with Gasteiger partial charge in [-0.15, -0.1) is 0 Å². The molecule has 0 atom stereocenters. The van der Waals surface area contributed by atoms with Crippen LogP contribution < -0.4 is 0 Å². The predicted molar refractivity (Wildman–Crippen MR) is 82.9 cm³/mol. The topological polar surface area (TPSA) is 30.8 Å². The number of rotatable bonds is 6. The zero-order valence-corrected chi connectivity index (χ0v) is 13.6. The molecule has 3 nitrogen and oxygen atoms in total. The summed E-state index contributed by atoms with van der Waals surface area (Å²) in [5, 5.41) is 4.15. The molecule has 1 aromatic carbocycles. The second kappa shape index (κ2) is 6.87. The first-order valence-corrected chi connectivity index (χ1v) is 9.55. The zero-order chi connectivity index (χ0) is 14.4. The molecule has 0 aliphatic carbocycles. The average molecular weight is 279 g/mol. The molecule has 0 unspecified atom stereocenters. The molecule has 106 valence electrons. The molecule has 0 saturated carbocycles. The van der Waals surface area contributed by atoms with Crippen molar-refractivity contribution in [2.24, 2.45) is 5.16 Å². The number of nitrogens with zero attached hydrogens (tertiary/aromatic N) is 1. The summed E-state index contributed by atoms with van der Waals surface area (Å²) >= 11 is 0. The Bertz CT molecular complexity index is 396. The van der Waals surface area contributed by atoms with Crippen molar-refractivity contribution < 1.29 is 9.26 Å². The molecular weight excluding hydrogens is 254 g/mol. The van der Waals surface area contributed by atoms with Crippen molar-refractivity contribution in [3.63, 3.8) is 0 Å². The third-order valence-electron chi connectivity index (χ3n) is 3.55. The van der Waals surface area contributed by atoms with E-state index in [4.69, 9.17) is 9.26 Å². The van der Waals surface area contributed by atoms with E-state index in [9.17, 15) is 0 Å². The summed E-state index contributed by atoms with van der Waals surface area (Å²) in [6.07, 6.45) is 1.70. The number of benzene rings is 1. The summed E-state index contributed by atoms with van der Waals surface area (Å²) in [5.74, 6) is 0. The molecular formula is C15H25NO2Si. The average Bonchev–Trinajstić information content (AvgIpc) is 2.33. The highest BCUT2D eigenvalue weighted by Crippen LogP contribution is 2.36. The van der Waals surface area contributed by atoms with Gasteiger partial charge >= 0.3 is 0 Å². The lowest BCUT2D eigenvalue weighted by atomic mass is 10.2. The van der Waals surface area contributed by atoms with Crippen LogP contribution in [0.3, 0.4) is 0 Å². The molecule has 1 rings (SSSR count). The first kappa shape index (κ1) is 15.9. The molecule has 0 radical (unpaired) electrons.